The topological polar surface area (TPSA) is 122 Å². The molecule has 2 aliphatic heterocycles. The highest BCUT2D eigenvalue weighted by Crippen LogP contribution is 2.31. The van der Waals surface area contributed by atoms with E-state index in [0.717, 1.165) is 55.5 Å². The first-order valence-electron chi connectivity index (χ1n) is 12.1. The second-order valence-electron chi connectivity index (χ2n) is 10.8. The van der Waals surface area contributed by atoms with E-state index < -0.39 is 0 Å². The molecule has 3 rings (SSSR count). The van der Waals surface area contributed by atoms with Gasteiger partial charge in [0.1, 0.15) is 11.6 Å². The SMILES string of the molecule is CN(C(=N)/C=C\C(=N)c1cc(C(=CN)C2=NCCCC2)ccc1O)C1CC(C)(C)NC(C)(C)C1. The molecule has 7 nitrogen and oxygen atoms in total. The Bertz CT molecular complexity index is 1020. The largest absolute Gasteiger partial charge is 0.507 e. The number of nitrogens with one attached hydrogen (secondary N) is 3. The van der Waals surface area contributed by atoms with Crippen molar-refractivity contribution in [2.75, 3.05) is 13.6 Å². The van der Waals surface area contributed by atoms with Gasteiger partial charge in [-0.25, -0.2) is 0 Å². The molecule has 1 aromatic carbocycles. The third-order valence-corrected chi connectivity index (χ3v) is 6.70. The van der Waals surface area contributed by atoms with E-state index in [4.69, 9.17) is 16.6 Å². The van der Waals surface area contributed by atoms with Crippen LogP contribution in [-0.4, -0.2) is 58.0 Å². The first-order chi connectivity index (χ1) is 15.9. The average Bonchev–Trinajstić information content (AvgIpc) is 2.77. The van der Waals surface area contributed by atoms with Gasteiger partial charge in [-0.3, -0.25) is 10.4 Å². The number of phenolic OH excluding ortho intramolecular Hbond substituents is 1. The Morgan fingerprint density at radius 3 is 2.41 bits per heavy atom. The molecule has 0 unspecified atom stereocenters. The minimum atomic E-state index is -0.0134. The zero-order valence-corrected chi connectivity index (χ0v) is 21.2. The molecule has 2 aliphatic rings. The van der Waals surface area contributed by atoms with Gasteiger partial charge in [-0.05, 0) is 89.6 Å². The van der Waals surface area contributed by atoms with Gasteiger partial charge >= 0.3 is 0 Å². The third kappa shape index (κ3) is 6.14. The van der Waals surface area contributed by atoms with Crippen molar-refractivity contribution >= 4 is 22.8 Å². The summed E-state index contributed by atoms with van der Waals surface area (Å²) in [6, 6.07) is 5.41. The minimum Gasteiger partial charge on any atom is -0.507 e. The van der Waals surface area contributed by atoms with Crippen molar-refractivity contribution in [1.82, 2.24) is 10.2 Å². The summed E-state index contributed by atoms with van der Waals surface area (Å²) in [5, 5.41) is 31.3. The number of piperidine rings is 1. The smallest absolute Gasteiger partial charge is 0.124 e. The van der Waals surface area contributed by atoms with Gasteiger partial charge in [-0.15, -0.1) is 0 Å². The molecule has 0 atom stereocenters. The third-order valence-electron chi connectivity index (χ3n) is 6.70. The fourth-order valence-electron chi connectivity index (χ4n) is 5.30. The van der Waals surface area contributed by atoms with Crippen LogP contribution in [0.2, 0.25) is 0 Å². The predicted molar refractivity (Wildman–Crippen MR) is 142 cm³/mol. The summed E-state index contributed by atoms with van der Waals surface area (Å²) in [4.78, 5) is 6.60. The molecule has 0 saturated carbocycles. The number of hydrogen-bond acceptors (Lipinski definition) is 6. The highest BCUT2D eigenvalue weighted by atomic mass is 16.3. The molecule has 0 aromatic heterocycles. The van der Waals surface area contributed by atoms with Crippen molar-refractivity contribution in [3.05, 3.63) is 47.7 Å². The Morgan fingerprint density at radius 1 is 1.15 bits per heavy atom. The summed E-state index contributed by atoms with van der Waals surface area (Å²) in [6.45, 7) is 9.59. The number of likely N-dealkylation sites (N-methyl/N-ethyl adjacent to an activating group) is 1. The summed E-state index contributed by atoms with van der Waals surface area (Å²) in [5.41, 5.74) is 9.11. The average molecular weight is 465 g/mol. The molecular formula is C27H40N6O. The number of aromatic hydroxyl groups is 1. The number of hydrogen-bond donors (Lipinski definition) is 5. The Kier molecular flexibility index (Phi) is 7.66. The standard InChI is InChI=1S/C27H40N6O/c1-26(2)15-19(16-27(3,4)32-26)33(5)25(30)12-10-22(29)20-14-18(9-11-24(20)34)21(17-28)23-8-6-7-13-31-23/h9-12,14,17,19,29-30,32,34H,6-8,13,15-16,28H2,1-5H3/b12-10-,21-17?,29-22?,30-25?. The van der Waals surface area contributed by atoms with Crippen molar-refractivity contribution in [3.8, 4) is 5.75 Å². The van der Waals surface area contributed by atoms with Crippen LogP contribution in [0.5, 0.6) is 5.75 Å². The quantitative estimate of drug-likeness (QED) is 0.315. The maximum absolute atomic E-state index is 10.4. The summed E-state index contributed by atoms with van der Waals surface area (Å²) >= 11 is 0. The maximum Gasteiger partial charge on any atom is 0.124 e. The van der Waals surface area contributed by atoms with Crippen molar-refractivity contribution in [2.45, 2.75) is 76.9 Å². The first-order valence-corrected chi connectivity index (χ1v) is 12.1. The van der Waals surface area contributed by atoms with Crippen LogP contribution in [-0.2, 0) is 0 Å². The van der Waals surface area contributed by atoms with Gasteiger partial charge in [-0.2, -0.15) is 0 Å². The molecule has 1 fully saturated rings. The van der Waals surface area contributed by atoms with Gasteiger partial charge in [-0.1, -0.05) is 6.07 Å². The summed E-state index contributed by atoms with van der Waals surface area (Å²) in [6.07, 6.45) is 9.70. The Balaban J connectivity index is 1.76. The van der Waals surface area contributed by atoms with E-state index in [1.807, 2.05) is 18.0 Å². The van der Waals surface area contributed by atoms with Crippen LogP contribution in [0, 0.1) is 10.8 Å². The number of allylic oxidation sites excluding steroid dienone is 2. The van der Waals surface area contributed by atoms with Gasteiger partial charge in [0.05, 0.1) is 5.71 Å². The molecule has 0 aliphatic carbocycles. The molecule has 7 heteroatoms. The number of benzene rings is 1. The van der Waals surface area contributed by atoms with Crippen molar-refractivity contribution in [1.29, 1.82) is 10.8 Å². The number of nitrogens with two attached hydrogens (primary N) is 1. The highest BCUT2D eigenvalue weighted by Gasteiger charge is 2.39. The molecule has 1 aromatic rings. The van der Waals surface area contributed by atoms with Gasteiger partial charge in [0.25, 0.3) is 0 Å². The molecule has 0 radical (unpaired) electrons. The van der Waals surface area contributed by atoms with Crippen molar-refractivity contribution in [2.24, 2.45) is 10.7 Å². The molecule has 2 heterocycles. The van der Waals surface area contributed by atoms with E-state index in [2.05, 4.69) is 38.0 Å². The summed E-state index contributed by atoms with van der Waals surface area (Å²) < 4.78 is 0. The van der Waals surface area contributed by atoms with E-state index in [1.165, 1.54) is 0 Å². The molecular weight excluding hydrogens is 424 g/mol. The second kappa shape index (κ2) is 10.1. The maximum atomic E-state index is 10.4. The molecule has 0 spiro atoms. The number of aliphatic imine (C=N–C) groups is 1. The Morgan fingerprint density at radius 2 is 1.82 bits per heavy atom. The second-order valence-corrected chi connectivity index (χ2v) is 10.8. The van der Waals surface area contributed by atoms with Gasteiger partial charge in [0.15, 0.2) is 0 Å². The molecule has 0 amide bonds. The van der Waals surface area contributed by atoms with Gasteiger partial charge in [0.2, 0.25) is 0 Å². The Hall–Kier alpha value is -2.93. The van der Waals surface area contributed by atoms with Gasteiger partial charge < -0.3 is 26.5 Å². The lowest BCUT2D eigenvalue weighted by Gasteiger charge is -2.49. The minimum absolute atomic E-state index is 0.0134. The van der Waals surface area contributed by atoms with Crippen LogP contribution >= 0.6 is 0 Å². The normalized spacial score (nSPS) is 20.7. The lowest BCUT2D eigenvalue weighted by molar-refractivity contribution is 0.114. The van der Waals surface area contributed by atoms with E-state index in [1.54, 1.807) is 30.5 Å². The molecule has 34 heavy (non-hydrogen) atoms. The van der Waals surface area contributed by atoms with Crippen molar-refractivity contribution in [3.63, 3.8) is 0 Å². The van der Waals surface area contributed by atoms with Crippen molar-refractivity contribution < 1.29 is 5.11 Å². The van der Waals surface area contributed by atoms with E-state index in [-0.39, 0.29) is 28.6 Å². The predicted octanol–water partition coefficient (Wildman–Crippen LogP) is 4.46. The van der Waals surface area contributed by atoms with Crippen LogP contribution < -0.4 is 11.1 Å². The van der Waals surface area contributed by atoms with Crippen LogP contribution in [0.1, 0.15) is 70.9 Å². The van der Waals surface area contributed by atoms with E-state index in [9.17, 15) is 5.11 Å². The molecule has 184 valence electrons. The summed E-state index contributed by atoms with van der Waals surface area (Å²) in [7, 11) is 1.94. The Labute approximate surface area is 203 Å². The van der Waals surface area contributed by atoms with Gasteiger partial charge in [0, 0.05) is 53.8 Å². The number of rotatable bonds is 6. The van der Waals surface area contributed by atoms with Crippen LogP contribution in [0.3, 0.4) is 0 Å². The fourth-order valence-corrected chi connectivity index (χ4v) is 5.30. The molecule has 6 N–H and O–H groups in total. The lowest BCUT2D eigenvalue weighted by Crippen LogP contribution is -2.62. The first kappa shape index (κ1) is 25.7. The number of nitrogens with zero attached hydrogens (tertiary/aromatic N) is 2. The van der Waals surface area contributed by atoms with E-state index in [0.29, 0.717) is 11.4 Å². The zero-order chi connectivity index (χ0) is 25.1. The molecule has 1 saturated heterocycles. The molecule has 0 bridgehead atoms. The highest BCUT2D eigenvalue weighted by molar-refractivity contribution is 6.24. The van der Waals surface area contributed by atoms with Crippen LogP contribution in [0.4, 0.5) is 0 Å². The number of phenols is 1. The van der Waals surface area contributed by atoms with Crippen LogP contribution in [0.25, 0.3) is 5.57 Å². The lowest BCUT2D eigenvalue weighted by atomic mass is 9.79. The fraction of sp³-hybridized carbons (Fsp3) is 0.519. The monoisotopic (exact) mass is 464 g/mol. The zero-order valence-electron chi connectivity index (χ0n) is 21.2. The van der Waals surface area contributed by atoms with E-state index >= 15 is 0 Å². The summed E-state index contributed by atoms with van der Waals surface area (Å²) in [5.74, 6) is 0.375. The number of amidine groups is 1. The van der Waals surface area contributed by atoms with Crippen LogP contribution in [0.15, 0.2) is 41.5 Å².